The predicted molar refractivity (Wildman–Crippen MR) is 42.6 cm³/mol. The Morgan fingerprint density at radius 1 is 1.80 bits per heavy atom. The maximum atomic E-state index is 5.26. The van der Waals surface area contributed by atoms with Gasteiger partial charge in [0.05, 0.1) is 0 Å². The molecule has 1 fully saturated rings. The molecule has 3 N–H and O–H groups in total. The van der Waals surface area contributed by atoms with Crippen LogP contribution in [-0.4, -0.2) is 12.9 Å². The molecule has 0 aromatic carbocycles. The standard InChI is InChI=1S/C7H15N3/c1-3-5-4-6(5)7(9-2)10-8/h5-6H,3-4,8H2,1-2H3,(H,9,10). The van der Waals surface area contributed by atoms with Crippen molar-refractivity contribution >= 4 is 5.84 Å². The quantitative estimate of drug-likeness (QED) is 0.255. The number of amidine groups is 1. The Bertz CT molecular complexity index is 142. The summed E-state index contributed by atoms with van der Waals surface area (Å²) in [4.78, 5) is 4.05. The van der Waals surface area contributed by atoms with Crippen LogP contribution in [0.25, 0.3) is 0 Å². The Labute approximate surface area is 61.7 Å². The number of hydrogen-bond acceptors (Lipinski definition) is 2. The first-order chi connectivity index (χ1) is 4.83. The molecule has 2 unspecified atom stereocenters. The Balaban J connectivity index is 2.37. The second kappa shape index (κ2) is 3.01. The molecule has 0 radical (unpaired) electrons. The molecule has 0 aromatic rings. The minimum atomic E-state index is 0.625. The lowest BCUT2D eigenvalue weighted by molar-refractivity contribution is 0.754. The molecule has 0 saturated heterocycles. The Morgan fingerprint density at radius 3 is 2.80 bits per heavy atom. The number of nitrogens with one attached hydrogen (secondary N) is 1. The van der Waals surface area contributed by atoms with Crippen LogP contribution in [0.5, 0.6) is 0 Å². The average molecular weight is 141 g/mol. The largest absolute Gasteiger partial charge is 0.312 e. The monoisotopic (exact) mass is 141 g/mol. The molecule has 1 rings (SSSR count). The van der Waals surface area contributed by atoms with E-state index in [-0.39, 0.29) is 0 Å². The van der Waals surface area contributed by atoms with E-state index in [0.717, 1.165) is 11.8 Å². The molecule has 1 saturated carbocycles. The van der Waals surface area contributed by atoms with E-state index in [0.29, 0.717) is 5.92 Å². The van der Waals surface area contributed by atoms with Gasteiger partial charge < -0.3 is 5.43 Å². The molecule has 3 heteroatoms. The molecule has 0 bridgehead atoms. The van der Waals surface area contributed by atoms with Gasteiger partial charge >= 0.3 is 0 Å². The van der Waals surface area contributed by atoms with Crippen molar-refractivity contribution in [2.45, 2.75) is 19.8 Å². The first-order valence-electron chi connectivity index (χ1n) is 3.76. The number of nitrogens with zero attached hydrogens (tertiary/aromatic N) is 1. The van der Waals surface area contributed by atoms with Crippen molar-refractivity contribution in [1.29, 1.82) is 0 Å². The van der Waals surface area contributed by atoms with E-state index in [1.54, 1.807) is 7.05 Å². The second-order valence-electron chi connectivity index (χ2n) is 2.76. The van der Waals surface area contributed by atoms with Crippen molar-refractivity contribution in [3.8, 4) is 0 Å². The Morgan fingerprint density at radius 2 is 2.50 bits per heavy atom. The minimum absolute atomic E-state index is 0.625. The van der Waals surface area contributed by atoms with Crippen LogP contribution in [0.15, 0.2) is 4.99 Å². The van der Waals surface area contributed by atoms with Gasteiger partial charge in [-0.3, -0.25) is 4.99 Å². The van der Waals surface area contributed by atoms with Crippen LogP contribution in [0.3, 0.4) is 0 Å². The molecule has 2 atom stereocenters. The summed E-state index contributed by atoms with van der Waals surface area (Å²) in [6, 6.07) is 0. The minimum Gasteiger partial charge on any atom is -0.312 e. The highest BCUT2D eigenvalue weighted by Crippen LogP contribution is 2.41. The fraction of sp³-hybridized carbons (Fsp3) is 0.857. The molecule has 0 aliphatic heterocycles. The molecule has 0 spiro atoms. The van der Waals surface area contributed by atoms with Gasteiger partial charge in [-0.2, -0.15) is 0 Å². The highest BCUT2D eigenvalue weighted by molar-refractivity contribution is 5.86. The molecular formula is C7H15N3. The van der Waals surface area contributed by atoms with Crippen LogP contribution in [0, 0.1) is 11.8 Å². The highest BCUT2D eigenvalue weighted by Gasteiger charge is 2.38. The lowest BCUT2D eigenvalue weighted by Crippen LogP contribution is -2.32. The molecular weight excluding hydrogens is 126 g/mol. The fourth-order valence-electron chi connectivity index (χ4n) is 1.37. The first-order valence-corrected chi connectivity index (χ1v) is 3.76. The number of rotatable bonds is 2. The summed E-state index contributed by atoms with van der Waals surface area (Å²) in [6.07, 6.45) is 2.50. The van der Waals surface area contributed by atoms with E-state index in [1.807, 2.05) is 0 Å². The average Bonchev–Trinajstić information content (AvgIpc) is 2.70. The van der Waals surface area contributed by atoms with E-state index in [2.05, 4.69) is 17.3 Å². The van der Waals surface area contributed by atoms with Crippen molar-refractivity contribution in [3.63, 3.8) is 0 Å². The summed E-state index contributed by atoms with van der Waals surface area (Å²) in [7, 11) is 1.78. The molecule has 1 aliphatic rings. The van der Waals surface area contributed by atoms with Crippen LogP contribution < -0.4 is 11.3 Å². The van der Waals surface area contributed by atoms with Crippen LogP contribution in [0.4, 0.5) is 0 Å². The van der Waals surface area contributed by atoms with E-state index in [1.165, 1.54) is 12.8 Å². The van der Waals surface area contributed by atoms with Crippen molar-refractivity contribution in [2.24, 2.45) is 22.7 Å². The van der Waals surface area contributed by atoms with Gasteiger partial charge in [-0.15, -0.1) is 0 Å². The van der Waals surface area contributed by atoms with E-state index < -0.39 is 0 Å². The van der Waals surface area contributed by atoms with Crippen LogP contribution in [0.2, 0.25) is 0 Å². The fourth-order valence-corrected chi connectivity index (χ4v) is 1.37. The van der Waals surface area contributed by atoms with Crippen LogP contribution in [0.1, 0.15) is 19.8 Å². The van der Waals surface area contributed by atoms with E-state index >= 15 is 0 Å². The SMILES string of the molecule is CCC1CC1C(=NC)NN. The van der Waals surface area contributed by atoms with Crippen molar-refractivity contribution < 1.29 is 0 Å². The third-order valence-electron chi connectivity index (χ3n) is 2.19. The summed E-state index contributed by atoms with van der Waals surface area (Å²) in [5.41, 5.74) is 2.63. The summed E-state index contributed by atoms with van der Waals surface area (Å²) >= 11 is 0. The number of hydrogen-bond donors (Lipinski definition) is 2. The summed E-state index contributed by atoms with van der Waals surface area (Å²) in [6.45, 7) is 2.20. The molecule has 10 heavy (non-hydrogen) atoms. The van der Waals surface area contributed by atoms with Gasteiger partial charge in [0.25, 0.3) is 0 Å². The number of nitrogens with two attached hydrogens (primary N) is 1. The normalized spacial score (nSPS) is 32.1. The Hall–Kier alpha value is -0.570. The maximum absolute atomic E-state index is 5.26. The van der Waals surface area contributed by atoms with Gasteiger partial charge in [0.1, 0.15) is 5.84 Å². The van der Waals surface area contributed by atoms with Gasteiger partial charge in [0.2, 0.25) is 0 Å². The van der Waals surface area contributed by atoms with E-state index in [4.69, 9.17) is 5.84 Å². The summed E-state index contributed by atoms with van der Waals surface area (Å²) < 4.78 is 0. The molecule has 0 aromatic heterocycles. The molecule has 3 nitrogen and oxygen atoms in total. The van der Waals surface area contributed by atoms with Gasteiger partial charge in [-0.05, 0) is 12.3 Å². The molecule has 0 amide bonds. The van der Waals surface area contributed by atoms with Crippen molar-refractivity contribution in [3.05, 3.63) is 0 Å². The van der Waals surface area contributed by atoms with Crippen molar-refractivity contribution in [2.75, 3.05) is 7.05 Å². The van der Waals surface area contributed by atoms with E-state index in [9.17, 15) is 0 Å². The summed E-state index contributed by atoms with van der Waals surface area (Å²) in [5, 5.41) is 0. The zero-order chi connectivity index (χ0) is 7.56. The second-order valence-corrected chi connectivity index (χ2v) is 2.76. The molecule has 1 aliphatic carbocycles. The highest BCUT2D eigenvalue weighted by atomic mass is 15.3. The molecule has 0 heterocycles. The van der Waals surface area contributed by atoms with Crippen LogP contribution in [-0.2, 0) is 0 Å². The zero-order valence-electron chi connectivity index (χ0n) is 6.59. The van der Waals surface area contributed by atoms with Gasteiger partial charge in [0, 0.05) is 13.0 Å². The topological polar surface area (TPSA) is 50.4 Å². The third-order valence-corrected chi connectivity index (χ3v) is 2.19. The first kappa shape index (κ1) is 7.54. The third kappa shape index (κ3) is 1.29. The predicted octanol–water partition coefficient (Wildman–Crippen LogP) is 0.524. The van der Waals surface area contributed by atoms with Gasteiger partial charge in [-0.25, -0.2) is 5.84 Å². The lowest BCUT2D eigenvalue weighted by Gasteiger charge is -2.01. The van der Waals surface area contributed by atoms with Crippen LogP contribution >= 0.6 is 0 Å². The van der Waals surface area contributed by atoms with Crippen molar-refractivity contribution in [1.82, 2.24) is 5.43 Å². The zero-order valence-corrected chi connectivity index (χ0v) is 6.59. The molecule has 58 valence electrons. The smallest absolute Gasteiger partial charge is 0.113 e. The number of hydrazine groups is 1. The lowest BCUT2D eigenvalue weighted by atomic mass is 10.2. The Kier molecular flexibility index (Phi) is 2.27. The summed E-state index contributed by atoms with van der Waals surface area (Å²) in [5.74, 6) is 7.68. The maximum Gasteiger partial charge on any atom is 0.113 e. The van der Waals surface area contributed by atoms with Gasteiger partial charge in [0.15, 0.2) is 0 Å². The van der Waals surface area contributed by atoms with Gasteiger partial charge in [-0.1, -0.05) is 13.3 Å². The number of aliphatic imine (C=N–C) groups is 1.